The van der Waals surface area contributed by atoms with Crippen LogP contribution in [0.5, 0.6) is 0 Å². The Bertz CT molecular complexity index is 425. The van der Waals surface area contributed by atoms with Gasteiger partial charge >= 0.3 is 0 Å². The predicted molar refractivity (Wildman–Crippen MR) is 86.3 cm³/mol. The lowest BCUT2D eigenvalue weighted by Crippen LogP contribution is -2.26. The molecular formula is C18H28N2. The minimum atomic E-state index is 0.553. The van der Waals surface area contributed by atoms with Crippen LogP contribution in [0.4, 0.5) is 5.69 Å². The van der Waals surface area contributed by atoms with Gasteiger partial charge in [0.05, 0.1) is 0 Å². The first kappa shape index (κ1) is 13.9. The van der Waals surface area contributed by atoms with Gasteiger partial charge in [0.25, 0.3) is 0 Å². The average molecular weight is 272 g/mol. The van der Waals surface area contributed by atoms with Gasteiger partial charge in [0.1, 0.15) is 0 Å². The van der Waals surface area contributed by atoms with Crippen molar-refractivity contribution in [1.29, 1.82) is 0 Å². The van der Waals surface area contributed by atoms with Crippen LogP contribution in [0.1, 0.15) is 57.1 Å². The Morgan fingerprint density at radius 1 is 1.20 bits per heavy atom. The molecule has 1 aliphatic heterocycles. The number of fused-ring (bicyclic) bond motifs is 1. The van der Waals surface area contributed by atoms with Crippen LogP contribution in [-0.4, -0.2) is 19.6 Å². The second-order valence-corrected chi connectivity index (χ2v) is 6.43. The molecule has 2 aliphatic rings. The van der Waals surface area contributed by atoms with E-state index in [2.05, 4.69) is 41.4 Å². The molecule has 0 radical (unpaired) electrons. The zero-order chi connectivity index (χ0) is 13.8. The Hall–Kier alpha value is -1.02. The van der Waals surface area contributed by atoms with Gasteiger partial charge in [-0.15, -0.1) is 0 Å². The molecule has 1 atom stereocenters. The largest absolute Gasteiger partial charge is 0.371 e. The van der Waals surface area contributed by atoms with Crippen LogP contribution in [0.15, 0.2) is 24.3 Å². The molecule has 1 aromatic rings. The lowest BCUT2D eigenvalue weighted by molar-refractivity contribution is 0.495. The second kappa shape index (κ2) is 6.62. The maximum Gasteiger partial charge on any atom is 0.0414 e. The van der Waals surface area contributed by atoms with Crippen LogP contribution in [0.3, 0.4) is 0 Å². The molecular weight excluding hydrogens is 244 g/mol. The minimum Gasteiger partial charge on any atom is -0.371 e. The van der Waals surface area contributed by atoms with Gasteiger partial charge < -0.3 is 10.2 Å². The Morgan fingerprint density at radius 3 is 2.85 bits per heavy atom. The fourth-order valence-electron chi connectivity index (χ4n) is 3.34. The number of rotatable bonds is 6. The normalized spacial score (nSPS) is 22.4. The highest BCUT2D eigenvalue weighted by Crippen LogP contribution is 2.36. The highest BCUT2D eigenvalue weighted by atomic mass is 15.1. The molecule has 0 aromatic heterocycles. The number of nitrogens with one attached hydrogen (secondary N) is 1. The van der Waals surface area contributed by atoms with E-state index in [4.69, 9.17) is 0 Å². The van der Waals surface area contributed by atoms with Crippen molar-refractivity contribution in [3.05, 3.63) is 29.8 Å². The fourth-order valence-corrected chi connectivity index (χ4v) is 3.34. The van der Waals surface area contributed by atoms with Crippen molar-refractivity contribution in [1.82, 2.24) is 5.32 Å². The van der Waals surface area contributed by atoms with E-state index < -0.39 is 0 Å². The Labute approximate surface area is 123 Å². The van der Waals surface area contributed by atoms with E-state index >= 15 is 0 Å². The molecule has 0 amide bonds. The molecule has 20 heavy (non-hydrogen) atoms. The van der Waals surface area contributed by atoms with Crippen LogP contribution in [0.25, 0.3) is 0 Å². The first-order valence-corrected chi connectivity index (χ1v) is 8.45. The molecule has 1 aromatic carbocycles. The average Bonchev–Trinajstić information content (AvgIpc) is 3.30. The monoisotopic (exact) mass is 272 g/mol. The second-order valence-electron chi connectivity index (χ2n) is 6.43. The first-order chi connectivity index (χ1) is 9.88. The fraction of sp³-hybridized carbons (Fsp3) is 0.667. The van der Waals surface area contributed by atoms with Gasteiger partial charge in [-0.05, 0) is 49.8 Å². The van der Waals surface area contributed by atoms with E-state index in [1.165, 1.54) is 62.9 Å². The number of anilines is 1. The molecule has 110 valence electrons. The molecule has 0 bridgehead atoms. The molecule has 1 heterocycles. The molecule has 3 rings (SSSR count). The molecule has 2 nitrogen and oxygen atoms in total. The molecule has 0 saturated heterocycles. The lowest BCUT2D eigenvalue weighted by Gasteiger charge is -2.26. The van der Waals surface area contributed by atoms with Crippen LogP contribution in [-0.2, 0) is 0 Å². The van der Waals surface area contributed by atoms with Gasteiger partial charge in [-0.2, -0.15) is 0 Å². The number of hydrogen-bond acceptors (Lipinski definition) is 2. The quantitative estimate of drug-likeness (QED) is 0.837. The topological polar surface area (TPSA) is 15.3 Å². The summed E-state index contributed by atoms with van der Waals surface area (Å²) in [6.07, 6.45) is 8.12. The van der Waals surface area contributed by atoms with Crippen molar-refractivity contribution >= 4 is 5.69 Å². The van der Waals surface area contributed by atoms with Gasteiger partial charge in [0, 0.05) is 24.8 Å². The number of hydrogen-bond donors (Lipinski definition) is 1. The minimum absolute atomic E-state index is 0.553. The Balaban J connectivity index is 1.75. The zero-order valence-corrected chi connectivity index (χ0v) is 12.8. The summed E-state index contributed by atoms with van der Waals surface area (Å²) < 4.78 is 0. The molecule has 1 fully saturated rings. The molecule has 1 aliphatic carbocycles. The van der Waals surface area contributed by atoms with Gasteiger partial charge in [0.2, 0.25) is 0 Å². The number of nitrogens with zero attached hydrogens (tertiary/aromatic N) is 1. The molecule has 1 N–H and O–H groups in total. The molecule has 2 heteroatoms. The summed E-state index contributed by atoms with van der Waals surface area (Å²) in [6.45, 7) is 5.86. The summed E-state index contributed by atoms with van der Waals surface area (Å²) in [5.74, 6) is 1.03. The van der Waals surface area contributed by atoms with Gasteiger partial charge in [-0.25, -0.2) is 0 Å². The third-order valence-electron chi connectivity index (χ3n) is 4.72. The van der Waals surface area contributed by atoms with E-state index in [1.54, 1.807) is 0 Å². The summed E-state index contributed by atoms with van der Waals surface area (Å²) in [7, 11) is 0. The number of benzene rings is 1. The highest BCUT2D eigenvalue weighted by Gasteiger charge is 2.25. The number of para-hydroxylation sites is 1. The van der Waals surface area contributed by atoms with E-state index in [1.807, 2.05) is 0 Å². The standard InChI is InChI=1S/C18H28N2/c1-2-12-19-17-7-5-13-20(14-11-15-9-10-15)18-8-4-3-6-16(17)18/h3-4,6,8,15,17,19H,2,5,7,9-14H2,1H3. The maximum atomic E-state index is 3.74. The van der Waals surface area contributed by atoms with Crippen LogP contribution in [0.2, 0.25) is 0 Å². The van der Waals surface area contributed by atoms with Crippen LogP contribution in [0, 0.1) is 5.92 Å². The van der Waals surface area contributed by atoms with E-state index in [-0.39, 0.29) is 0 Å². The van der Waals surface area contributed by atoms with Crippen LogP contribution < -0.4 is 10.2 Å². The SMILES string of the molecule is CCCNC1CCCN(CCC2CC2)c2ccccc21. The van der Waals surface area contributed by atoms with E-state index in [9.17, 15) is 0 Å². The van der Waals surface area contributed by atoms with Crippen molar-refractivity contribution in [3.63, 3.8) is 0 Å². The van der Waals surface area contributed by atoms with Gasteiger partial charge in [-0.3, -0.25) is 0 Å². The van der Waals surface area contributed by atoms with Crippen molar-refractivity contribution in [3.8, 4) is 0 Å². The first-order valence-electron chi connectivity index (χ1n) is 8.45. The Kier molecular flexibility index (Phi) is 4.62. The summed E-state index contributed by atoms with van der Waals surface area (Å²) in [6, 6.07) is 9.61. The van der Waals surface area contributed by atoms with Crippen LogP contribution >= 0.6 is 0 Å². The van der Waals surface area contributed by atoms with Crippen molar-refractivity contribution < 1.29 is 0 Å². The van der Waals surface area contributed by atoms with Gasteiger partial charge in [0.15, 0.2) is 0 Å². The highest BCUT2D eigenvalue weighted by molar-refractivity contribution is 5.55. The third-order valence-corrected chi connectivity index (χ3v) is 4.72. The maximum absolute atomic E-state index is 3.74. The lowest BCUT2D eigenvalue weighted by atomic mass is 10.0. The summed E-state index contributed by atoms with van der Waals surface area (Å²) in [4.78, 5) is 2.64. The van der Waals surface area contributed by atoms with E-state index in [0.717, 1.165) is 12.5 Å². The molecule has 0 spiro atoms. The predicted octanol–water partition coefficient (Wildman–Crippen LogP) is 4.13. The van der Waals surface area contributed by atoms with Crippen molar-refractivity contribution in [2.45, 2.75) is 51.5 Å². The van der Waals surface area contributed by atoms with E-state index in [0.29, 0.717) is 6.04 Å². The summed E-state index contributed by atoms with van der Waals surface area (Å²) >= 11 is 0. The van der Waals surface area contributed by atoms with Crippen molar-refractivity contribution in [2.24, 2.45) is 5.92 Å². The third kappa shape index (κ3) is 3.35. The smallest absolute Gasteiger partial charge is 0.0414 e. The summed E-state index contributed by atoms with van der Waals surface area (Å²) in [5.41, 5.74) is 3.01. The Morgan fingerprint density at radius 2 is 2.05 bits per heavy atom. The summed E-state index contributed by atoms with van der Waals surface area (Å²) in [5, 5.41) is 3.74. The molecule has 1 saturated carbocycles. The molecule has 1 unspecified atom stereocenters. The van der Waals surface area contributed by atoms with Crippen molar-refractivity contribution in [2.75, 3.05) is 24.5 Å². The van der Waals surface area contributed by atoms with Gasteiger partial charge in [-0.1, -0.05) is 38.0 Å². The zero-order valence-electron chi connectivity index (χ0n) is 12.8.